The zero-order valence-corrected chi connectivity index (χ0v) is 19.4. The maximum Gasteiger partial charge on any atom is 0.255 e. The Morgan fingerprint density at radius 3 is 2.64 bits per heavy atom. The summed E-state index contributed by atoms with van der Waals surface area (Å²) in [6.07, 6.45) is 7.69. The second-order valence-corrected chi connectivity index (χ2v) is 7.25. The van der Waals surface area contributed by atoms with Gasteiger partial charge in [0.1, 0.15) is 5.75 Å². The van der Waals surface area contributed by atoms with Crippen molar-refractivity contribution in [2.75, 3.05) is 13.2 Å². The number of nitrogens with one attached hydrogen (secondary N) is 2. The van der Waals surface area contributed by atoms with Crippen molar-refractivity contribution >= 4 is 35.8 Å². The van der Waals surface area contributed by atoms with Gasteiger partial charge < -0.3 is 21.1 Å². The fourth-order valence-electron chi connectivity index (χ4n) is 3.58. The SMILES string of the molecule is CCCC1CCC(NC(=NCc2cccc(OCC(N)=O)c2)NCC)CC1.I. The molecular weight excluding hydrogens is 467 g/mol. The van der Waals surface area contributed by atoms with Crippen molar-refractivity contribution < 1.29 is 9.53 Å². The first-order chi connectivity index (χ1) is 13.1. The Bertz CT molecular complexity index is 616. The number of carbonyl (C=O) groups is 1. The molecule has 4 N–H and O–H groups in total. The maximum absolute atomic E-state index is 10.8. The van der Waals surface area contributed by atoms with Crippen LogP contribution in [0.15, 0.2) is 29.3 Å². The number of primary amides is 1. The van der Waals surface area contributed by atoms with Gasteiger partial charge in [-0.05, 0) is 56.2 Å². The molecule has 0 atom stereocenters. The third-order valence-electron chi connectivity index (χ3n) is 4.93. The fourth-order valence-corrected chi connectivity index (χ4v) is 3.58. The Hall–Kier alpha value is -1.51. The van der Waals surface area contributed by atoms with E-state index in [4.69, 9.17) is 15.5 Å². The molecule has 158 valence electrons. The molecule has 1 aromatic carbocycles. The van der Waals surface area contributed by atoms with E-state index in [0.717, 1.165) is 24.0 Å². The van der Waals surface area contributed by atoms with E-state index in [1.54, 1.807) is 0 Å². The van der Waals surface area contributed by atoms with Crippen LogP contribution in [0.5, 0.6) is 5.75 Å². The summed E-state index contributed by atoms with van der Waals surface area (Å²) < 4.78 is 5.36. The summed E-state index contributed by atoms with van der Waals surface area (Å²) in [5.74, 6) is 1.91. The summed E-state index contributed by atoms with van der Waals surface area (Å²) in [7, 11) is 0. The van der Waals surface area contributed by atoms with Crippen molar-refractivity contribution in [3.05, 3.63) is 29.8 Å². The first-order valence-corrected chi connectivity index (χ1v) is 10.2. The van der Waals surface area contributed by atoms with Crippen LogP contribution in [0, 0.1) is 5.92 Å². The number of carbonyl (C=O) groups excluding carboxylic acids is 1. The lowest BCUT2D eigenvalue weighted by Crippen LogP contribution is -2.44. The van der Waals surface area contributed by atoms with Crippen LogP contribution in [-0.4, -0.2) is 31.1 Å². The molecule has 1 aliphatic carbocycles. The zero-order chi connectivity index (χ0) is 19.5. The molecule has 0 unspecified atom stereocenters. The molecule has 6 nitrogen and oxygen atoms in total. The number of nitrogens with two attached hydrogens (primary N) is 1. The summed E-state index contributed by atoms with van der Waals surface area (Å²) in [5.41, 5.74) is 6.15. The fraction of sp³-hybridized carbons (Fsp3) is 0.619. The Morgan fingerprint density at radius 2 is 2.00 bits per heavy atom. The lowest BCUT2D eigenvalue weighted by molar-refractivity contribution is -0.119. The summed E-state index contributed by atoms with van der Waals surface area (Å²) in [5, 5.41) is 6.93. The van der Waals surface area contributed by atoms with Crippen LogP contribution < -0.4 is 21.1 Å². The molecule has 1 aromatic rings. The third-order valence-corrected chi connectivity index (χ3v) is 4.93. The third kappa shape index (κ3) is 9.12. The van der Waals surface area contributed by atoms with Crippen molar-refractivity contribution in [3.63, 3.8) is 0 Å². The first kappa shape index (κ1) is 24.5. The van der Waals surface area contributed by atoms with Crippen molar-refractivity contribution in [2.24, 2.45) is 16.6 Å². The van der Waals surface area contributed by atoms with Crippen molar-refractivity contribution in [1.29, 1.82) is 0 Å². The van der Waals surface area contributed by atoms with Crippen molar-refractivity contribution in [2.45, 2.75) is 65.0 Å². The highest BCUT2D eigenvalue weighted by atomic mass is 127. The van der Waals surface area contributed by atoms with Crippen LogP contribution >= 0.6 is 24.0 Å². The number of benzene rings is 1. The van der Waals surface area contributed by atoms with Gasteiger partial charge in [0.05, 0.1) is 6.54 Å². The average Bonchev–Trinajstić information content (AvgIpc) is 2.67. The molecule has 1 fully saturated rings. The molecule has 1 aliphatic rings. The van der Waals surface area contributed by atoms with Crippen LogP contribution in [0.25, 0.3) is 0 Å². The molecule has 0 radical (unpaired) electrons. The molecule has 2 rings (SSSR count). The molecule has 0 heterocycles. The minimum Gasteiger partial charge on any atom is -0.484 e. The van der Waals surface area contributed by atoms with Gasteiger partial charge in [0.15, 0.2) is 12.6 Å². The predicted octanol–water partition coefficient (Wildman–Crippen LogP) is 3.58. The number of nitrogens with zero attached hydrogens (tertiary/aromatic N) is 1. The average molecular weight is 502 g/mol. The van der Waals surface area contributed by atoms with Gasteiger partial charge in [-0.1, -0.05) is 31.9 Å². The minimum atomic E-state index is -0.481. The van der Waals surface area contributed by atoms with E-state index in [1.165, 1.54) is 38.5 Å². The summed E-state index contributed by atoms with van der Waals surface area (Å²) >= 11 is 0. The number of aliphatic imine (C=N–C) groups is 1. The highest BCUT2D eigenvalue weighted by Gasteiger charge is 2.21. The number of hydrogen-bond acceptors (Lipinski definition) is 3. The van der Waals surface area contributed by atoms with Gasteiger partial charge >= 0.3 is 0 Å². The van der Waals surface area contributed by atoms with Gasteiger partial charge in [0, 0.05) is 12.6 Å². The molecule has 0 saturated heterocycles. The number of halogens is 1. The Kier molecular flexibility index (Phi) is 11.9. The smallest absolute Gasteiger partial charge is 0.255 e. The Morgan fingerprint density at radius 1 is 1.25 bits per heavy atom. The molecule has 0 bridgehead atoms. The molecular formula is C21H35IN4O2. The van der Waals surface area contributed by atoms with E-state index in [2.05, 4.69) is 24.5 Å². The van der Waals surface area contributed by atoms with Crippen LogP contribution in [0.1, 0.15) is 57.9 Å². The molecule has 0 aromatic heterocycles. The van der Waals surface area contributed by atoms with Crippen molar-refractivity contribution in [3.8, 4) is 5.75 Å². The van der Waals surface area contributed by atoms with E-state index in [1.807, 2.05) is 24.3 Å². The quantitative estimate of drug-likeness (QED) is 0.274. The van der Waals surface area contributed by atoms with Gasteiger partial charge in [-0.3, -0.25) is 4.79 Å². The molecule has 1 amide bonds. The molecule has 1 saturated carbocycles. The van der Waals surface area contributed by atoms with Gasteiger partial charge in [0.2, 0.25) is 0 Å². The van der Waals surface area contributed by atoms with E-state index in [0.29, 0.717) is 18.3 Å². The standard InChI is InChI=1S/C21H34N4O2.HI/c1-3-6-16-9-11-18(12-10-16)25-21(23-4-2)24-14-17-7-5-8-19(13-17)27-15-20(22)26;/h5,7-8,13,16,18H,3-4,6,9-12,14-15H2,1-2H3,(H2,22,26)(H2,23,24,25);1H. The monoisotopic (exact) mass is 502 g/mol. The lowest BCUT2D eigenvalue weighted by Gasteiger charge is -2.30. The summed E-state index contributed by atoms with van der Waals surface area (Å²) in [4.78, 5) is 15.6. The minimum absolute atomic E-state index is 0. The molecule has 28 heavy (non-hydrogen) atoms. The van der Waals surface area contributed by atoms with Crippen LogP contribution in [0.3, 0.4) is 0 Å². The number of rotatable bonds is 9. The van der Waals surface area contributed by atoms with Gasteiger partial charge in [-0.2, -0.15) is 0 Å². The highest BCUT2D eigenvalue weighted by molar-refractivity contribution is 14.0. The van der Waals surface area contributed by atoms with Gasteiger partial charge in [-0.15, -0.1) is 24.0 Å². The maximum atomic E-state index is 10.8. The second kappa shape index (κ2) is 13.6. The van der Waals surface area contributed by atoms with Crippen molar-refractivity contribution in [1.82, 2.24) is 10.6 Å². The number of ether oxygens (including phenoxy) is 1. The Labute approximate surface area is 186 Å². The normalized spacial score (nSPS) is 19.4. The van der Waals surface area contributed by atoms with Gasteiger partial charge in [-0.25, -0.2) is 4.99 Å². The molecule has 0 spiro atoms. The van der Waals surface area contributed by atoms with E-state index in [-0.39, 0.29) is 30.6 Å². The first-order valence-electron chi connectivity index (χ1n) is 10.2. The summed E-state index contributed by atoms with van der Waals surface area (Å²) in [6, 6.07) is 8.11. The van der Waals surface area contributed by atoms with Crippen LogP contribution in [-0.2, 0) is 11.3 Å². The topological polar surface area (TPSA) is 88.7 Å². The van der Waals surface area contributed by atoms with Gasteiger partial charge in [0.25, 0.3) is 5.91 Å². The number of amides is 1. The second-order valence-electron chi connectivity index (χ2n) is 7.25. The number of guanidine groups is 1. The molecule has 0 aliphatic heterocycles. The highest BCUT2D eigenvalue weighted by Crippen LogP contribution is 2.27. The molecule has 7 heteroatoms. The summed E-state index contributed by atoms with van der Waals surface area (Å²) in [6.45, 7) is 5.62. The van der Waals surface area contributed by atoms with E-state index >= 15 is 0 Å². The Balaban J connectivity index is 0.00000392. The van der Waals surface area contributed by atoms with E-state index in [9.17, 15) is 4.79 Å². The van der Waals surface area contributed by atoms with E-state index < -0.39 is 5.91 Å². The van der Waals surface area contributed by atoms with Crippen LogP contribution in [0.2, 0.25) is 0 Å². The largest absolute Gasteiger partial charge is 0.484 e. The lowest BCUT2D eigenvalue weighted by atomic mass is 9.83. The number of hydrogen-bond donors (Lipinski definition) is 3. The van der Waals surface area contributed by atoms with Crippen LogP contribution in [0.4, 0.5) is 0 Å². The zero-order valence-electron chi connectivity index (χ0n) is 17.1. The predicted molar refractivity (Wildman–Crippen MR) is 125 cm³/mol.